The first-order valence-corrected chi connectivity index (χ1v) is 8.54. The predicted octanol–water partition coefficient (Wildman–Crippen LogP) is 1.40. The number of nitrogens with zero attached hydrogens (tertiary/aromatic N) is 1. The van der Waals surface area contributed by atoms with Crippen LogP contribution in [-0.2, 0) is 23.1 Å². The van der Waals surface area contributed by atoms with Crippen LogP contribution in [0.1, 0.15) is 16.0 Å². The fourth-order valence-corrected chi connectivity index (χ4v) is 4.24. The molecule has 2 heterocycles. The maximum absolute atomic E-state index is 12.2. The number of ether oxygens (including phenoxy) is 1. The number of hydrogen-bond donors (Lipinski definition) is 2. The first-order valence-electron chi connectivity index (χ1n) is 6.24. The maximum Gasteiger partial charge on any atom is 0.250 e. The SMILES string of the molecule is COc1ccc(CNS(=O)(=O)c2cc(C)c(CN)s2)cn1. The average Bonchev–Trinajstić information content (AvgIpc) is 2.88. The van der Waals surface area contributed by atoms with E-state index in [4.69, 9.17) is 10.5 Å². The van der Waals surface area contributed by atoms with Crippen LogP contribution >= 0.6 is 11.3 Å². The van der Waals surface area contributed by atoms with Crippen LogP contribution in [-0.4, -0.2) is 20.5 Å². The van der Waals surface area contributed by atoms with Crippen molar-refractivity contribution in [3.63, 3.8) is 0 Å². The van der Waals surface area contributed by atoms with Crippen LogP contribution < -0.4 is 15.2 Å². The summed E-state index contributed by atoms with van der Waals surface area (Å²) in [5, 5.41) is 0. The number of sulfonamides is 1. The van der Waals surface area contributed by atoms with Crippen LogP contribution in [0.25, 0.3) is 0 Å². The molecule has 0 spiro atoms. The molecule has 2 aromatic rings. The monoisotopic (exact) mass is 327 g/mol. The lowest BCUT2D eigenvalue weighted by molar-refractivity contribution is 0.397. The number of methoxy groups -OCH3 is 1. The smallest absolute Gasteiger partial charge is 0.250 e. The van der Waals surface area contributed by atoms with Crippen LogP contribution in [0.3, 0.4) is 0 Å². The fraction of sp³-hybridized carbons (Fsp3) is 0.308. The summed E-state index contributed by atoms with van der Waals surface area (Å²) >= 11 is 1.20. The molecule has 0 aliphatic carbocycles. The highest BCUT2D eigenvalue weighted by atomic mass is 32.2. The molecule has 0 amide bonds. The maximum atomic E-state index is 12.2. The minimum absolute atomic E-state index is 0.175. The van der Waals surface area contributed by atoms with E-state index in [1.807, 2.05) is 6.92 Å². The molecule has 0 saturated carbocycles. The van der Waals surface area contributed by atoms with Gasteiger partial charge >= 0.3 is 0 Å². The summed E-state index contributed by atoms with van der Waals surface area (Å²) in [6.07, 6.45) is 1.58. The second-order valence-corrected chi connectivity index (χ2v) is 7.54. The van der Waals surface area contributed by atoms with Crippen molar-refractivity contribution in [1.82, 2.24) is 9.71 Å². The summed E-state index contributed by atoms with van der Waals surface area (Å²) in [6, 6.07) is 5.09. The van der Waals surface area contributed by atoms with Crippen LogP contribution in [0.5, 0.6) is 5.88 Å². The lowest BCUT2D eigenvalue weighted by Gasteiger charge is -2.05. The van der Waals surface area contributed by atoms with Gasteiger partial charge < -0.3 is 10.5 Å². The number of pyridine rings is 1. The largest absolute Gasteiger partial charge is 0.481 e. The number of rotatable bonds is 6. The lowest BCUT2D eigenvalue weighted by Crippen LogP contribution is -2.22. The molecule has 3 N–H and O–H groups in total. The number of aryl methyl sites for hydroxylation is 1. The van der Waals surface area contributed by atoms with Gasteiger partial charge in [0.25, 0.3) is 0 Å². The van der Waals surface area contributed by atoms with Crippen LogP contribution in [0, 0.1) is 6.92 Å². The van der Waals surface area contributed by atoms with Crippen molar-refractivity contribution >= 4 is 21.4 Å². The van der Waals surface area contributed by atoms with Gasteiger partial charge in [0, 0.05) is 30.2 Å². The minimum atomic E-state index is -3.53. The quantitative estimate of drug-likeness (QED) is 0.836. The van der Waals surface area contributed by atoms with Gasteiger partial charge in [-0.3, -0.25) is 0 Å². The first kappa shape index (κ1) is 15.9. The molecule has 0 bridgehead atoms. The molecule has 0 fully saturated rings. The second kappa shape index (κ2) is 6.52. The van der Waals surface area contributed by atoms with E-state index < -0.39 is 10.0 Å². The molecule has 0 aliphatic rings. The third-order valence-corrected chi connectivity index (χ3v) is 6.06. The van der Waals surface area contributed by atoms with Gasteiger partial charge in [0.05, 0.1) is 7.11 Å². The Labute approximate surface area is 128 Å². The highest BCUT2D eigenvalue weighted by molar-refractivity contribution is 7.91. The summed E-state index contributed by atoms with van der Waals surface area (Å²) in [6.45, 7) is 2.37. The van der Waals surface area contributed by atoms with E-state index in [1.165, 1.54) is 18.4 Å². The molecular weight excluding hydrogens is 310 g/mol. The summed E-state index contributed by atoms with van der Waals surface area (Å²) in [7, 11) is -2.01. The van der Waals surface area contributed by atoms with Crippen molar-refractivity contribution in [2.24, 2.45) is 5.73 Å². The van der Waals surface area contributed by atoms with Gasteiger partial charge in [-0.25, -0.2) is 18.1 Å². The zero-order valence-corrected chi connectivity index (χ0v) is 13.4. The molecule has 8 heteroatoms. The van der Waals surface area contributed by atoms with Crippen LogP contribution in [0.2, 0.25) is 0 Å². The van der Waals surface area contributed by atoms with E-state index in [0.29, 0.717) is 12.4 Å². The van der Waals surface area contributed by atoms with Gasteiger partial charge in [0.1, 0.15) is 4.21 Å². The Morgan fingerprint density at radius 1 is 1.43 bits per heavy atom. The fourth-order valence-electron chi connectivity index (χ4n) is 1.71. The third kappa shape index (κ3) is 3.79. The van der Waals surface area contributed by atoms with E-state index >= 15 is 0 Å². The van der Waals surface area contributed by atoms with Gasteiger partial charge in [-0.05, 0) is 24.1 Å². The Morgan fingerprint density at radius 2 is 2.19 bits per heavy atom. The highest BCUT2D eigenvalue weighted by Crippen LogP contribution is 2.25. The Hall–Kier alpha value is -1.48. The minimum Gasteiger partial charge on any atom is -0.481 e. The Morgan fingerprint density at radius 3 is 2.71 bits per heavy atom. The van der Waals surface area contributed by atoms with E-state index in [1.54, 1.807) is 24.4 Å². The third-order valence-electron chi connectivity index (χ3n) is 2.92. The van der Waals surface area contributed by atoms with E-state index in [0.717, 1.165) is 16.0 Å². The predicted molar refractivity (Wildman–Crippen MR) is 81.8 cm³/mol. The molecule has 2 aromatic heterocycles. The normalized spacial score (nSPS) is 11.6. The standard InChI is InChI=1S/C13H17N3O3S2/c1-9-5-13(20-11(9)6-14)21(17,18)16-8-10-3-4-12(19-2)15-7-10/h3-5,7,16H,6,8,14H2,1-2H3. The molecular formula is C13H17N3O3S2. The number of nitrogens with one attached hydrogen (secondary N) is 1. The van der Waals surface area contributed by atoms with Gasteiger partial charge in [-0.2, -0.15) is 0 Å². The average molecular weight is 327 g/mol. The molecule has 0 radical (unpaired) electrons. The van der Waals surface area contributed by atoms with E-state index in [-0.39, 0.29) is 10.8 Å². The topological polar surface area (TPSA) is 94.3 Å². The number of aromatic nitrogens is 1. The summed E-state index contributed by atoms with van der Waals surface area (Å²) < 4.78 is 32.2. The zero-order valence-electron chi connectivity index (χ0n) is 11.8. The number of nitrogens with two attached hydrogens (primary N) is 1. The van der Waals surface area contributed by atoms with Crippen molar-refractivity contribution < 1.29 is 13.2 Å². The highest BCUT2D eigenvalue weighted by Gasteiger charge is 2.18. The molecule has 0 saturated heterocycles. The Bertz CT molecular complexity index is 709. The van der Waals surface area contributed by atoms with E-state index in [9.17, 15) is 8.42 Å². The van der Waals surface area contributed by atoms with Gasteiger partial charge in [0.15, 0.2) is 0 Å². The molecule has 2 rings (SSSR count). The van der Waals surface area contributed by atoms with Crippen LogP contribution in [0.4, 0.5) is 0 Å². The van der Waals surface area contributed by atoms with Crippen molar-refractivity contribution in [2.75, 3.05) is 7.11 Å². The van der Waals surface area contributed by atoms with Crippen molar-refractivity contribution in [2.45, 2.75) is 24.2 Å². The van der Waals surface area contributed by atoms with Gasteiger partial charge in [-0.1, -0.05) is 6.07 Å². The molecule has 114 valence electrons. The summed E-state index contributed by atoms with van der Waals surface area (Å²) in [5.41, 5.74) is 7.23. The molecule has 21 heavy (non-hydrogen) atoms. The van der Waals surface area contributed by atoms with Crippen LogP contribution in [0.15, 0.2) is 28.6 Å². The Balaban J connectivity index is 2.09. The van der Waals surface area contributed by atoms with Crippen molar-refractivity contribution in [1.29, 1.82) is 0 Å². The first-order chi connectivity index (χ1) is 9.96. The number of thiophene rings is 1. The van der Waals surface area contributed by atoms with Crippen molar-refractivity contribution in [3.05, 3.63) is 40.4 Å². The summed E-state index contributed by atoms with van der Waals surface area (Å²) in [4.78, 5) is 4.91. The van der Waals surface area contributed by atoms with Crippen molar-refractivity contribution in [3.8, 4) is 5.88 Å². The lowest BCUT2D eigenvalue weighted by atomic mass is 10.3. The number of hydrogen-bond acceptors (Lipinski definition) is 6. The van der Waals surface area contributed by atoms with Gasteiger partial charge in [0.2, 0.25) is 15.9 Å². The van der Waals surface area contributed by atoms with E-state index in [2.05, 4.69) is 9.71 Å². The summed E-state index contributed by atoms with van der Waals surface area (Å²) in [5.74, 6) is 0.489. The Kier molecular flexibility index (Phi) is 4.94. The second-order valence-electron chi connectivity index (χ2n) is 4.41. The molecule has 0 aromatic carbocycles. The molecule has 0 atom stereocenters. The van der Waals surface area contributed by atoms with Gasteiger partial charge in [-0.15, -0.1) is 11.3 Å². The molecule has 6 nitrogen and oxygen atoms in total. The molecule has 0 aliphatic heterocycles. The zero-order chi connectivity index (χ0) is 15.5. The molecule has 0 unspecified atom stereocenters.